The highest BCUT2D eigenvalue weighted by atomic mass is 16.5. The van der Waals surface area contributed by atoms with Crippen molar-refractivity contribution in [1.29, 1.82) is 0 Å². The van der Waals surface area contributed by atoms with Crippen LogP contribution < -0.4 is 15.2 Å². The summed E-state index contributed by atoms with van der Waals surface area (Å²) < 4.78 is 13.7. The van der Waals surface area contributed by atoms with Gasteiger partial charge in [0.2, 0.25) is 0 Å². The third-order valence-electron chi connectivity index (χ3n) is 5.40. The van der Waals surface area contributed by atoms with Crippen molar-refractivity contribution >= 4 is 16.9 Å². The summed E-state index contributed by atoms with van der Waals surface area (Å²) in [7, 11) is 1.84. The molecule has 7 heteroatoms. The summed E-state index contributed by atoms with van der Waals surface area (Å²) in [5.74, 6) is 2.76. The van der Waals surface area contributed by atoms with Crippen LogP contribution in [-0.4, -0.2) is 19.7 Å². The molecule has 0 unspecified atom stereocenters. The van der Waals surface area contributed by atoms with E-state index in [4.69, 9.17) is 15.2 Å². The molecule has 5 rings (SSSR count). The number of fused-ring (bicyclic) bond motifs is 1. The number of benzene rings is 3. The lowest BCUT2D eigenvalue weighted by atomic mass is 10.1. The van der Waals surface area contributed by atoms with Crippen LogP contribution in [0.25, 0.3) is 22.3 Å². The van der Waals surface area contributed by atoms with Gasteiger partial charge in [0.05, 0.1) is 5.39 Å². The van der Waals surface area contributed by atoms with E-state index in [9.17, 15) is 0 Å². The fraction of sp³-hybridized carbons (Fsp3) is 0.115. The second kappa shape index (κ2) is 8.63. The molecule has 0 radical (unpaired) electrons. The molecule has 5 aromatic rings. The van der Waals surface area contributed by atoms with Gasteiger partial charge >= 0.3 is 0 Å². The number of aromatic nitrogens is 4. The zero-order valence-corrected chi connectivity index (χ0v) is 18.4. The maximum absolute atomic E-state index is 6.08. The molecular formula is C26H23N5O2. The van der Waals surface area contributed by atoms with Crippen LogP contribution in [0.2, 0.25) is 0 Å². The van der Waals surface area contributed by atoms with E-state index >= 15 is 0 Å². The first-order valence-electron chi connectivity index (χ1n) is 10.6. The molecule has 33 heavy (non-hydrogen) atoms. The van der Waals surface area contributed by atoms with Gasteiger partial charge in [0.1, 0.15) is 41.7 Å². The van der Waals surface area contributed by atoms with Crippen molar-refractivity contribution in [2.24, 2.45) is 7.05 Å². The number of rotatable bonds is 6. The van der Waals surface area contributed by atoms with Gasteiger partial charge in [-0.05, 0) is 60.5 Å². The van der Waals surface area contributed by atoms with Crippen LogP contribution in [0.1, 0.15) is 11.1 Å². The summed E-state index contributed by atoms with van der Waals surface area (Å²) in [4.78, 5) is 8.39. The molecular weight excluding hydrogens is 414 g/mol. The van der Waals surface area contributed by atoms with E-state index in [0.29, 0.717) is 18.1 Å². The van der Waals surface area contributed by atoms with Crippen LogP contribution in [0, 0.1) is 6.92 Å². The number of anilines is 1. The lowest BCUT2D eigenvalue weighted by molar-refractivity contribution is 0.303. The second-order valence-electron chi connectivity index (χ2n) is 7.76. The van der Waals surface area contributed by atoms with E-state index in [1.807, 2.05) is 86.8 Å². The van der Waals surface area contributed by atoms with E-state index < -0.39 is 0 Å². The first kappa shape index (κ1) is 20.5. The monoisotopic (exact) mass is 437 g/mol. The number of ether oxygens (including phenoxy) is 2. The van der Waals surface area contributed by atoms with Crippen LogP contribution in [0.3, 0.4) is 0 Å². The van der Waals surface area contributed by atoms with Gasteiger partial charge in [0.25, 0.3) is 0 Å². The number of aryl methyl sites for hydroxylation is 2. The molecule has 0 saturated carbocycles. The van der Waals surface area contributed by atoms with Crippen molar-refractivity contribution in [3.63, 3.8) is 0 Å². The van der Waals surface area contributed by atoms with Gasteiger partial charge in [-0.15, -0.1) is 0 Å². The molecule has 0 amide bonds. The third kappa shape index (κ3) is 4.21. The molecule has 2 aromatic heterocycles. The highest BCUT2D eigenvalue weighted by molar-refractivity contribution is 5.98. The predicted molar refractivity (Wildman–Crippen MR) is 128 cm³/mol. The maximum Gasteiger partial charge on any atom is 0.163 e. The second-order valence-corrected chi connectivity index (χ2v) is 7.76. The number of hydrogen-bond acceptors (Lipinski definition) is 6. The standard InChI is InChI=1S/C26H23N5O2/c1-17-6-3-4-9-22(17)32-15-18-7-5-8-21(14-18)33-20-12-10-19(11-13-20)24-23-25(27)28-16-29-26(23)31(2)30-24/h3-14,16H,15H2,1-2H3,(H2,27,28,29). The van der Waals surface area contributed by atoms with Crippen molar-refractivity contribution < 1.29 is 9.47 Å². The predicted octanol–water partition coefficient (Wildman–Crippen LogP) is 5.29. The Labute approximate surface area is 191 Å². The highest BCUT2D eigenvalue weighted by Crippen LogP contribution is 2.31. The number of nitrogens with zero attached hydrogens (tertiary/aromatic N) is 4. The van der Waals surface area contributed by atoms with Crippen molar-refractivity contribution in [3.05, 3.63) is 90.3 Å². The van der Waals surface area contributed by atoms with Crippen molar-refractivity contribution in [2.45, 2.75) is 13.5 Å². The van der Waals surface area contributed by atoms with Crippen LogP contribution in [0.5, 0.6) is 17.2 Å². The maximum atomic E-state index is 6.08. The lowest BCUT2D eigenvalue weighted by Crippen LogP contribution is -1.97. The number of nitrogen functional groups attached to an aromatic ring is 1. The number of hydrogen-bond donors (Lipinski definition) is 1. The van der Waals surface area contributed by atoms with E-state index in [1.54, 1.807) is 4.68 Å². The largest absolute Gasteiger partial charge is 0.489 e. The van der Waals surface area contributed by atoms with Gasteiger partial charge in [-0.3, -0.25) is 0 Å². The average Bonchev–Trinajstić information content (AvgIpc) is 3.17. The van der Waals surface area contributed by atoms with Crippen LogP contribution in [0.4, 0.5) is 5.82 Å². The van der Waals surface area contributed by atoms with Gasteiger partial charge < -0.3 is 15.2 Å². The highest BCUT2D eigenvalue weighted by Gasteiger charge is 2.15. The first-order valence-corrected chi connectivity index (χ1v) is 10.6. The Morgan fingerprint density at radius 3 is 2.55 bits per heavy atom. The minimum atomic E-state index is 0.410. The summed E-state index contributed by atoms with van der Waals surface area (Å²) in [6, 6.07) is 23.6. The number of nitrogens with two attached hydrogens (primary N) is 1. The van der Waals surface area contributed by atoms with Crippen LogP contribution in [0.15, 0.2) is 79.1 Å². The summed E-state index contributed by atoms with van der Waals surface area (Å²) in [6.45, 7) is 2.50. The van der Waals surface area contributed by atoms with Gasteiger partial charge in [-0.1, -0.05) is 30.3 Å². The Hall–Kier alpha value is -4.39. The Morgan fingerprint density at radius 1 is 0.909 bits per heavy atom. The molecule has 0 fully saturated rings. The quantitative estimate of drug-likeness (QED) is 0.388. The Morgan fingerprint density at radius 2 is 1.73 bits per heavy atom. The molecule has 0 saturated heterocycles. The van der Waals surface area contributed by atoms with Crippen molar-refractivity contribution in [2.75, 3.05) is 5.73 Å². The van der Waals surface area contributed by atoms with E-state index in [1.165, 1.54) is 6.33 Å². The molecule has 0 atom stereocenters. The fourth-order valence-corrected chi connectivity index (χ4v) is 3.71. The average molecular weight is 438 g/mol. The van der Waals surface area contributed by atoms with Gasteiger partial charge in [0.15, 0.2) is 5.65 Å². The summed E-state index contributed by atoms with van der Waals surface area (Å²) in [6.07, 6.45) is 1.44. The first-order chi connectivity index (χ1) is 16.1. The topological polar surface area (TPSA) is 88.1 Å². The third-order valence-corrected chi connectivity index (χ3v) is 5.40. The number of para-hydroxylation sites is 1. The Bertz CT molecular complexity index is 1430. The Balaban J connectivity index is 1.32. The molecule has 7 nitrogen and oxygen atoms in total. The van der Waals surface area contributed by atoms with Gasteiger partial charge in [-0.2, -0.15) is 5.10 Å². The van der Waals surface area contributed by atoms with Crippen molar-refractivity contribution in [3.8, 4) is 28.5 Å². The fourth-order valence-electron chi connectivity index (χ4n) is 3.71. The van der Waals surface area contributed by atoms with Crippen LogP contribution >= 0.6 is 0 Å². The summed E-state index contributed by atoms with van der Waals surface area (Å²) in [5, 5.41) is 5.32. The summed E-state index contributed by atoms with van der Waals surface area (Å²) in [5.41, 5.74) is 10.6. The SMILES string of the molecule is Cc1ccccc1OCc1cccc(Oc2ccc(-c3nn(C)c4ncnc(N)c34)cc2)c1. The molecule has 0 aliphatic carbocycles. The molecule has 164 valence electrons. The Kier molecular flexibility index (Phi) is 5.36. The van der Waals surface area contributed by atoms with E-state index in [2.05, 4.69) is 15.1 Å². The lowest BCUT2D eigenvalue weighted by Gasteiger charge is -2.11. The van der Waals surface area contributed by atoms with Crippen LogP contribution in [-0.2, 0) is 13.7 Å². The smallest absolute Gasteiger partial charge is 0.163 e. The minimum absolute atomic E-state index is 0.410. The zero-order chi connectivity index (χ0) is 22.8. The minimum Gasteiger partial charge on any atom is -0.489 e. The van der Waals surface area contributed by atoms with E-state index in [-0.39, 0.29) is 0 Å². The molecule has 3 aromatic carbocycles. The molecule has 2 N–H and O–H groups in total. The molecule has 0 aliphatic heterocycles. The molecule has 0 bridgehead atoms. The van der Waals surface area contributed by atoms with E-state index in [0.717, 1.165) is 45.0 Å². The molecule has 0 aliphatic rings. The van der Waals surface area contributed by atoms with Gasteiger partial charge in [0, 0.05) is 12.6 Å². The van der Waals surface area contributed by atoms with Gasteiger partial charge in [-0.25, -0.2) is 14.6 Å². The normalized spacial score (nSPS) is 11.0. The molecule has 2 heterocycles. The summed E-state index contributed by atoms with van der Waals surface area (Å²) >= 11 is 0. The van der Waals surface area contributed by atoms with Crippen molar-refractivity contribution in [1.82, 2.24) is 19.7 Å². The molecule has 0 spiro atoms. The zero-order valence-electron chi connectivity index (χ0n) is 18.4.